The summed E-state index contributed by atoms with van der Waals surface area (Å²) >= 11 is 1.48. The van der Waals surface area contributed by atoms with E-state index in [1.807, 2.05) is 53.4 Å². The van der Waals surface area contributed by atoms with E-state index in [-0.39, 0.29) is 17.7 Å². The number of nitrogens with zero attached hydrogens (tertiary/aromatic N) is 5. The lowest BCUT2D eigenvalue weighted by molar-refractivity contribution is 0.0683. The second-order valence-electron chi connectivity index (χ2n) is 9.00. The highest BCUT2D eigenvalue weighted by Crippen LogP contribution is 2.31. The molecule has 1 aliphatic rings. The number of furan rings is 1. The highest BCUT2D eigenvalue weighted by Gasteiger charge is 2.28. The average molecular weight is 513 g/mol. The first-order chi connectivity index (χ1) is 18.0. The lowest BCUT2D eigenvalue weighted by Crippen LogP contribution is -2.40. The number of carbonyl (C=O) groups is 2. The third-order valence-corrected chi connectivity index (χ3v) is 7.58. The van der Waals surface area contributed by atoms with Gasteiger partial charge in [0.15, 0.2) is 11.6 Å². The van der Waals surface area contributed by atoms with Gasteiger partial charge in [0.1, 0.15) is 11.3 Å². The standard InChI is InChI=1S/C27H24N6O3S/c1-32(24-15-28-19-7-3-4-8-20(19)29-24)31-25(34)21-16-37-26(30-21)17-10-12-33(13-11-17)27(35)23-14-18-6-2-5-9-22(18)36-23/h2-9,14-17H,10-13H2,1H3,(H,31,34). The molecule has 37 heavy (non-hydrogen) atoms. The molecule has 0 radical (unpaired) electrons. The largest absolute Gasteiger partial charge is 0.451 e. The number of fused-ring (bicyclic) bond motifs is 2. The van der Waals surface area contributed by atoms with Crippen LogP contribution < -0.4 is 10.4 Å². The van der Waals surface area contributed by atoms with Gasteiger partial charge in [-0.1, -0.05) is 30.3 Å². The van der Waals surface area contributed by atoms with Crippen LogP contribution in [0.4, 0.5) is 5.82 Å². The monoisotopic (exact) mass is 512 g/mol. The number of anilines is 1. The quantitative estimate of drug-likeness (QED) is 0.342. The zero-order valence-electron chi connectivity index (χ0n) is 20.1. The molecule has 186 valence electrons. The van der Waals surface area contributed by atoms with Crippen LogP contribution in [0.25, 0.3) is 22.0 Å². The predicted molar refractivity (Wildman–Crippen MR) is 142 cm³/mol. The summed E-state index contributed by atoms with van der Waals surface area (Å²) in [5, 5.41) is 5.15. The van der Waals surface area contributed by atoms with Gasteiger partial charge in [-0.3, -0.25) is 25.0 Å². The van der Waals surface area contributed by atoms with E-state index in [2.05, 4.69) is 20.4 Å². The van der Waals surface area contributed by atoms with Crippen molar-refractivity contribution in [2.45, 2.75) is 18.8 Å². The van der Waals surface area contributed by atoms with Gasteiger partial charge in [0.2, 0.25) is 0 Å². The van der Waals surface area contributed by atoms with Crippen LogP contribution in [0.15, 0.2) is 70.6 Å². The fourth-order valence-electron chi connectivity index (χ4n) is 4.53. The van der Waals surface area contributed by atoms with Gasteiger partial charge in [-0.25, -0.2) is 9.97 Å². The molecule has 1 saturated heterocycles. The topological polar surface area (TPSA) is 104 Å². The summed E-state index contributed by atoms with van der Waals surface area (Å²) in [4.78, 5) is 41.2. The highest BCUT2D eigenvalue weighted by atomic mass is 32.1. The number of nitrogens with one attached hydrogen (secondary N) is 1. The molecule has 10 heteroatoms. The van der Waals surface area contributed by atoms with E-state index in [0.29, 0.717) is 35.9 Å². The first kappa shape index (κ1) is 23.1. The Bertz CT molecular complexity index is 1570. The number of para-hydroxylation sites is 3. The molecular weight excluding hydrogens is 488 g/mol. The van der Waals surface area contributed by atoms with E-state index in [4.69, 9.17) is 4.42 Å². The Balaban J connectivity index is 1.07. The molecule has 4 heterocycles. The van der Waals surface area contributed by atoms with Crippen molar-refractivity contribution in [1.29, 1.82) is 0 Å². The molecule has 1 aliphatic heterocycles. The molecule has 3 aromatic heterocycles. The molecule has 5 aromatic rings. The third-order valence-electron chi connectivity index (χ3n) is 6.57. The van der Waals surface area contributed by atoms with Crippen LogP contribution in [0, 0.1) is 0 Å². The van der Waals surface area contributed by atoms with Gasteiger partial charge in [-0.15, -0.1) is 11.3 Å². The maximum absolute atomic E-state index is 12.9. The van der Waals surface area contributed by atoms with E-state index in [0.717, 1.165) is 34.3 Å². The molecule has 0 saturated carbocycles. The number of rotatable bonds is 5. The fraction of sp³-hybridized carbons (Fsp3) is 0.222. The number of carbonyl (C=O) groups excluding carboxylic acids is 2. The molecule has 0 bridgehead atoms. The average Bonchev–Trinajstić information content (AvgIpc) is 3.60. The number of aromatic nitrogens is 3. The van der Waals surface area contributed by atoms with Crippen LogP contribution in [0.3, 0.4) is 0 Å². The number of likely N-dealkylation sites (tertiary alicyclic amines) is 1. The van der Waals surface area contributed by atoms with Crippen LogP contribution in [-0.2, 0) is 0 Å². The van der Waals surface area contributed by atoms with Gasteiger partial charge in [-0.2, -0.15) is 0 Å². The summed E-state index contributed by atoms with van der Waals surface area (Å²) in [5.74, 6) is 0.707. The molecule has 1 fully saturated rings. The van der Waals surface area contributed by atoms with Crippen molar-refractivity contribution in [1.82, 2.24) is 25.3 Å². The summed E-state index contributed by atoms with van der Waals surface area (Å²) in [6.07, 6.45) is 3.19. The molecule has 0 atom stereocenters. The van der Waals surface area contributed by atoms with Gasteiger partial charge in [0.05, 0.1) is 22.2 Å². The molecule has 0 aliphatic carbocycles. The lowest BCUT2D eigenvalue weighted by atomic mass is 9.97. The molecule has 9 nitrogen and oxygen atoms in total. The van der Waals surface area contributed by atoms with Crippen molar-refractivity contribution in [3.63, 3.8) is 0 Å². The normalized spacial score (nSPS) is 14.2. The van der Waals surface area contributed by atoms with Crippen molar-refractivity contribution < 1.29 is 14.0 Å². The minimum atomic E-state index is -0.308. The minimum Gasteiger partial charge on any atom is -0.451 e. The lowest BCUT2D eigenvalue weighted by Gasteiger charge is -2.30. The van der Waals surface area contributed by atoms with Crippen LogP contribution in [0.2, 0.25) is 0 Å². The van der Waals surface area contributed by atoms with Crippen LogP contribution in [0.1, 0.15) is 44.8 Å². The van der Waals surface area contributed by atoms with Crippen LogP contribution >= 0.6 is 11.3 Å². The van der Waals surface area contributed by atoms with Crippen LogP contribution in [-0.4, -0.2) is 51.8 Å². The Kier molecular flexibility index (Phi) is 6.01. The first-order valence-corrected chi connectivity index (χ1v) is 12.9. The molecule has 0 unspecified atom stereocenters. The van der Waals surface area contributed by atoms with E-state index in [1.54, 1.807) is 29.7 Å². The number of thiazole rings is 1. The maximum atomic E-state index is 12.9. The molecule has 2 aromatic carbocycles. The molecule has 0 spiro atoms. The Morgan fingerprint density at radius 2 is 1.81 bits per heavy atom. The zero-order chi connectivity index (χ0) is 25.4. The van der Waals surface area contributed by atoms with E-state index >= 15 is 0 Å². The molecule has 2 amide bonds. The molecule has 1 N–H and O–H groups in total. The Morgan fingerprint density at radius 3 is 2.62 bits per heavy atom. The summed E-state index contributed by atoms with van der Waals surface area (Å²) in [7, 11) is 1.72. The van der Waals surface area contributed by atoms with Gasteiger partial charge < -0.3 is 9.32 Å². The number of piperidine rings is 1. The Morgan fingerprint density at radius 1 is 1.05 bits per heavy atom. The van der Waals surface area contributed by atoms with Gasteiger partial charge in [0.25, 0.3) is 11.8 Å². The fourth-order valence-corrected chi connectivity index (χ4v) is 5.50. The summed E-state index contributed by atoms with van der Waals surface area (Å²) in [6.45, 7) is 1.23. The Labute approximate surface area is 216 Å². The molecular formula is C27H24N6O3S. The van der Waals surface area contributed by atoms with Crippen molar-refractivity contribution in [3.8, 4) is 0 Å². The highest BCUT2D eigenvalue weighted by molar-refractivity contribution is 7.09. The van der Waals surface area contributed by atoms with Gasteiger partial charge >= 0.3 is 0 Å². The first-order valence-electron chi connectivity index (χ1n) is 12.0. The van der Waals surface area contributed by atoms with Gasteiger partial charge in [0, 0.05) is 36.8 Å². The maximum Gasteiger partial charge on any atom is 0.289 e. The second kappa shape index (κ2) is 9.62. The van der Waals surface area contributed by atoms with E-state index < -0.39 is 0 Å². The Hall–Kier alpha value is -4.31. The summed E-state index contributed by atoms with van der Waals surface area (Å²) in [6, 6.07) is 17.0. The van der Waals surface area contributed by atoms with Crippen molar-refractivity contribution in [3.05, 3.63) is 82.6 Å². The third kappa shape index (κ3) is 4.63. The number of hydrazine groups is 1. The number of amides is 2. The van der Waals surface area contributed by atoms with E-state index in [9.17, 15) is 9.59 Å². The number of hydrogen-bond donors (Lipinski definition) is 1. The number of benzene rings is 2. The van der Waals surface area contributed by atoms with Crippen molar-refractivity contribution in [2.24, 2.45) is 0 Å². The minimum absolute atomic E-state index is 0.0892. The second-order valence-corrected chi connectivity index (χ2v) is 9.89. The van der Waals surface area contributed by atoms with Crippen LogP contribution in [0.5, 0.6) is 0 Å². The summed E-state index contributed by atoms with van der Waals surface area (Å²) < 4.78 is 5.75. The van der Waals surface area contributed by atoms with Gasteiger partial charge in [-0.05, 0) is 37.1 Å². The zero-order valence-corrected chi connectivity index (χ0v) is 20.9. The molecule has 6 rings (SSSR count). The smallest absolute Gasteiger partial charge is 0.289 e. The number of hydrogen-bond acceptors (Lipinski definition) is 8. The SMILES string of the molecule is CN(NC(=O)c1csc(C2CCN(C(=O)c3cc4ccccc4o3)CC2)n1)c1cnc2ccccc2n1. The van der Waals surface area contributed by atoms with Crippen molar-refractivity contribution in [2.75, 3.05) is 25.1 Å². The van der Waals surface area contributed by atoms with E-state index in [1.165, 1.54) is 11.3 Å². The van der Waals surface area contributed by atoms with Crippen molar-refractivity contribution >= 4 is 51.0 Å². The summed E-state index contributed by atoms with van der Waals surface area (Å²) in [5.41, 5.74) is 5.44. The predicted octanol–water partition coefficient (Wildman–Crippen LogP) is 4.63.